The second kappa shape index (κ2) is 11.3. The van der Waals surface area contributed by atoms with Crippen molar-refractivity contribution in [3.05, 3.63) is 41.6 Å². The topological polar surface area (TPSA) is 131 Å². The highest BCUT2D eigenvalue weighted by Gasteiger charge is 2.23. The number of rotatable bonds is 12. The number of nitrogens with one attached hydrogen (secondary N) is 3. The maximum Gasteiger partial charge on any atom is 0.320 e. The van der Waals surface area contributed by atoms with Gasteiger partial charge in [0.25, 0.3) is 6.21 Å². The lowest BCUT2D eigenvalue weighted by molar-refractivity contribution is -0.139. The molecule has 0 saturated carbocycles. The molecule has 8 nitrogen and oxygen atoms in total. The fourth-order valence-electron chi connectivity index (χ4n) is 3.65. The van der Waals surface area contributed by atoms with Gasteiger partial charge in [0, 0.05) is 36.6 Å². The minimum atomic E-state index is -0.938. The molecule has 0 fully saturated rings. The first-order valence-corrected chi connectivity index (χ1v) is 10.3. The highest BCUT2D eigenvalue weighted by molar-refractivity contribution is 5.83. The van der Waals surface area contributed by atoms with E-state index in [0.29, 0.717) is 25.8 Å². The highest BCUT2D eigenvalue weighted by atomic mass is 16.4. The Bertz CT molecular complexity index is 901. The third kappa shape index (κ3) is 6.83. The number of carbonyl (C=O) groups excluding carboxylic acids is 1. The molecule has 4 N–H and O–H groups in total. The van der Waals surface area contributed by atoms with E-state index in [0.717, 1.165) is 16.5 Å². The Kier molecular flexibility index (Phi) is 8.77. The zero-order valence-corrected chi connectivity index (χ0v) is 17.8. The van der Waals surface area contributed by atoms with Crippen molar-refractivity contribution in [3.63, 3.8) is 0 Å². The van der Waals surface area contributed by atoms with Gasteiger partial charge in [-0.15, -0.1) is 0 Å². The number of hydrogen-bond acceptors (Lipinski definition) is 3. The monoisotopic (exact) mass is 413 g/mol. The molecule has 0 saturated heterocycles. The van der Waals surface area contributed by atoms with Crippen LogP contribution in [0.25, 0.3) is 16.4 Å². The highest BCUT2D eigenvalue weighted by Crippen LogP contribution is 2.19. The first kappa shape index (κ1) is 23.3. The largest absolute Gasteiger partial charge is 0.480 e. The number of hydrogen-bond donors (Lipinski definition) is 4. The maximum atomic E-state index is 11.7. The summed E-state index contributed by atoms with van der Waals surface area (Å²) in [6, 6.07) is 6.94. The smallest absolute Gasteiger partial charge is 0.320 e. The van der Waals surface area contributed by atoms with Crippen molar-refractivity contribution in [1.29, 1.82) is 0 Å². The second-order valence-electron chi connectivity index (χ2n) is 8.01. The summed E-state index contributed by atoms with van der Waals surface area (Å²) < 4.78 is 0. The standard InChI is InChI=1S/C22H31N5O3/c1-14(2)16(12-26-23)8-9-21(22(29)30)25-13-18(27-15(3)28)10-17-11-24-20-7-5-4-6-19(17)20/h4-7,11-12,14,16,18,21,24-25H,8-10,13H2,1-3H3,(H,27,28)(H,29,30)/t16?,18-,21?/m0/s1. The van der Waals surface area contributed by atoms with Gasteiger partial charge in [0.1, 0.15) is 6.04 Å². The second-order valence-corrected chi connectivity index (χ2v) is 8.01. The number of nitrogens with zero attached hydrogens (tertiary/aromatic N) is 2. The van der Waals surface area contributed by atoms with Crippen LogP contribution in [0.2, 0.25) is 0 Å². The van der Waals surface area contributed by atoms with Gasteiger partial charge in [0.15, 0.2) is 0 Å². The van der Waals surface area contributed by atoms with Gasteiger partial charge in [0.05, 0.1) is 5.92 Å². The molecule has 0 aliphatic carbocycles. The number of carboxylic acids is 1. The number of aromatic nitrogens is 1. The third-order valence-corrected chi connectivity index (χ3v) is 5.36. The summed E-state index contributed by atoms with van der Waals surface area (Å²) in [5, 5.41) is 16.7. The van der Waals surface area contributed by atoms with Gasteiger partial charge in [0.2, 0.25) is 5.91 Å². The molecule has 0 spiro atoms. The summed E-state index contributed by atoms with van der Waals surface area (Å²) in [7, 11) is 0. The van der Waals surface area contributed by atoms with Gasteiger partial charge in [-0.25, -0.2) is 0 Å². The van der Waals surface area contributed by atoms with E-state index in [9.17, 15) is 14.7 Å². The number of aromatic amines is 1. The van der Waals surface area contributed by atoms with Crippen LogP contribution in [-0.2, 0) is 16.0 Å². The number of carbonyl (C=O) groups is 2. The lowest BCUT2D eigenvalue weighted by Gasteiger charge is -2.22. The Morgan fingerprint density at radius 2 is 2.00 bits per heavy atom. The van der Waals surface area contributed by atoms with Crippen LogP contribution in [0.3, 0.4) is 0 Å². The van der Waals surface area contributed by atoms with Crippen LogP contribution >= 0.6 is 0 Å². The molecule has 3 atom stereocenters. The van der Waals surface area contributed by atoms with Crippen LogP contribution < -0.4 is 10.6 Å². The Morgan fingerprint density at radius 1 is 1.27 bits per heavy atom. The zero-order valence-electron chi connectivity index (χ0n) is 17.8. The number of benzene rings is 1. The molecule has 8 heteroatoms. The summed E-state index contributed by atoms with van der Waals surface area (Å²) in [5.74, 6) is -0.861. The molecule has 1 aromatic heterocycles. The summed E-state index contributed by atoms with van der Waals surface area (Å²) in [6.07, 6.45) is 4.94. The van der Waals surface area contributed by atoms with Crippen LogP contribution in [0.15, 0.2) is 30.5 Å². The fourth-order valence-corrected chi connectivity index (χ4v) is 3.65. The lowest BCUT2D eigenvalue weighted by atomic mass is 9.90. The molecule has 2 aromatic rings. The zero-order chi connectivity index (χ0) is 22.1. The average Bonchev–Trinajstić information content (AvgIpc) is 3.09. The van der Waals surface area contributed by atoms with Gasteiger partial charge >= 0.3 is 5.97 Å². The molecule has 0 bridgehead atoms. The molecule has 1 amide bonds. The molecule has 162 valence electrons. The van der Waals surface area contributed by atoms with Crippen molar-refractivity contribution >= 4 is 29.0 Å². The van der Waals surface area contributed by atoms with Gasteiger partial charge in [-0.2, -0.15) is 4.79 Å². The molecule has 0 aliphatic heterocycles. The fraction of sp³-hybridized carbons (Fsp3) is 0.500. The molecule has 0 aliphatic rings. The molecule has 2 unspecified atom stereocenters. The van der Waals surface area contributed by atoms with E-state index < -0.39 is 12.0 Å². The van der Waals surface area contributed by atoms with Crippen molar-refractivity contribution < 1.29 is 19.5 Å². The molecular weight excluding hydrogens is 382 g/mol. The van der Waals surface area contributed by atoms with Crippen LogP contribution in [0.4, 0.5) is 0 Å². The van der Waals surface area contributed by atoms with Crippen LogP contribution in [-0.4, -0.2) is 51.6 Å². The third-order valence-electron chi connectivity index (χ3n) is 5.36. The van der Waals surface area contributed by atoms with Gasteiger partial charge in [-0.05, 0) is 36.8 Å². The SMILES string of the molecule is CC(=O)N[C@H](CNC(CCC(C=[N+]=[N-])C(C)C)C(=O)O)Cc1c[nH]c2ccccc12. The summed E-state index contributed by atoms with van der Waals surface area (Å²) in [5.41, 5.74) is 10.9. The Hall–Kier alpha value is -2.96. The number of H-pyrrole nitrogens is 1. The minimum absolute atomic E-state index is 0.00369. The van der Waals surface area contributed by atoms with Crippen LogP contribution in [0, 0.1) is 11.8 Å². The Morgan fingerprint density at radius 3 is 2.63 bits per heavy atom. The lowest BCUT2D eigenvalue weighted by Crippen LogP contribution is -2.47. The van der Waals surface area contributed by atoms with Crippen LogP contribution in [0.5, 0.6) is 0 Å². The van der Waals surface area contributed by atoms with Gasteiger partial charge < -0.3 is 26.3 Å². The Labute approximate surface area is 176 Å². The maximum absolute atomic E-state index is 11.7. The summed E-state index contributed by atoms with van der Waals surface area (Å²) in [6.45, 7) is 5.79. The number of aliphatic carboxylic acids is 1. The van der Waals surface area contributed by atoms with Crippen molar-refractivity contribution in [1.82, 2.24) is 15.6 Å². The van der Waals surface area contributed by atoms with Gasteiger partial charge in [-0.3, -0.25) is 9.59 Å². The molecule has 30 heavy (non-hydrogen) atoms. The number of para-hydroxylation sites is 1. The first-order chi connectivity index (χ1) is 14.3. The summed E-state index contributed by atoms with van der Waals surface area (Å²) in [4.78, 5) is 29.7. The normalized spacial score (nSPS) is 14.1. The predicted octanol–water partition coefficient (Wildman–Crippen LogP) is 2.61. The van der Waals surface area contributed by atoms with Crippen molar-refractivity contribution in [3.8, 4) is 0 Å². The van der Waals surface area contributed by atoms with Crippen LogP contribution in [0.1, 0.15) is 39.2 Å². The van der Waals surface area contributed by atoms with E-state index in [4.69, 9.17) is 5.53 Å². The van der Waals surface area contributed by atoms with E-state index in [1.54, 1.807) is 0 Å². The number of fused-ring (bicyclic) bond motifs is 1. The molecular formula is C22H31N5O3. The predicted molar refractivity (Wildman–Crippen MR) is 116 cm³/mol. The number of carboxylic acid groups (broad SMARTS) is 1. The van der Waals surface area contributed by atoms with Gasteiger partial charge in [-0.1, -0.05) is 32.0 Å². The van der Waals surface area contributed by atoms with Crippen molar-refractivity contribution in [2.24, 2.45) is 11.8 Å². The minimum Gasteiger partial charge on any atom is -0.480 e. The van der Waals surface area contributed by atoms with Crippen molar-refractivity contribution in [2.75, 3.05) is 6.54 Å². The molecule has 1 aromatic carbocycles. The van der Waals surface area contributed by atoms with E-state index in [1.165, 1.54) is 13.1 Å². The summed E-state index contributed by atoms with van der Waals surface area (Å²) >= 11 is 0. The number of amides is 1. The molecule has 0 radical (unpaired) electrons. The van der Waals surface area contributed by atoms with E-state index >= 15 is 0 Å². The van der Waals surface area contributed by atoms with E-state index in [2.05, 4.69) is 20.4 Å². The average molecular weight is 414 g/mol. The van der Waals surface area contributed by atoms with E-state index in [-0.39, 0.29) is 23.8 Å². The van der Waals surface area contributed by atoms with Crippen molar-refractivity contribution in [2.45, 2.75) is 52.1 Å². The first-order valence-electron chi connectivity index (χ1n) is 10.3. The quantitative estimate of drug-likeness (QED) is 0.242. The molecule has 2 rings (SSSR count). The Balaban J connectivity index is 2.04. The molecule has 1 heterocycles. The van der Waals surface area contributed by atoms with E-state index in [1.807, 2.05) is 44.3 Å².